The first-order valence-electron chi connectivity index (χ1n) is 11.4. The van der Waals surface area contributed by atoms with Crippen LogP contribution < -0.4 is 10.6 Å². The number of aryl methyl sites for hydroxylation is 2. The van der Waals surface area contributed by atoms with Crippen molar-refractivity contribution in [3.8, 4) is 0 Å². The van der Waals surface area contributed by atoms with Crippen molar-refractivity contribution < 1.29 is 33.8 Å². The number of aliphatic hydroxyl groups is 1. The number of nitrogens with one attached hydrogen (secondary N) is 2. The number of esters is 1. The van der Waals surface area contributed by atoms with Gasteiger partial charge in [0.2, 0.25) is 11.8 Å². The minimum atomic E-state index is -1.37. The van der Waals surface area contributed by atoms with Gasteiger partial charge in [-0.2, -0.15) is 0 Å². The number of amides is 3. The topological polar surface area (TPSA) is 134 Å². The number of alkyl carbamates (subject to hydrolysis) is 1. The first-order valence-corrected chi connectivity index (χ1v) is 11.4. The molecule has 0 heterocycles. The van der Waals surface area contributed by atoms with Crippen molar-refractivity contribution in [1.29, 1.82) is 0 Å². The van der Waals surface area contributed by atoms with Crippen molar-refractivity contribution >= 4 is 23.9 Å². The van der Waals surface area contributed by atoms with Crippen LogP contribution in [0.4, 0.5) is 4.79 Å². The third-order valence-corrected chi connectivity index (χ3v) is 5.12. The van der Waals surface area contributed by atoms with E-state index in [1.54, 1.807) is 53.7 Å². The summed E-state index contributed by atoms with van der Waals surface area (Å²) in [6.07, 6.45) is -0.878. The molecule has 1 rings (SSSR count). The van der Waals surface area contributed by atoms with Crippen LogP contribution >= 0.6 is 0 Å². The lowest BCUT2D eigenvalue weighted by molar-refractivity contribution is -0.150. The molecule has 3 N–H and O–H groups in total. The molecular formula is C25H39N3O7. The molecule has 1 aromatic rings. The van der Waals surface area contributed by atoms with Gasteiger partial charge in [-0.25, -0.2) is 4.79 Å². The summed E-state index contributed by atoms with van der Waals surface area (Å²) in [6, 6.07) is 2.82. The summed E-state index contributed by atoms with van der Waals surface area (Å²) in [5, 5.41) is 14.9. The van der Waals surface area contributed by atoms with Crippen molar-refractivity contribution in [3.05, 3.63) is 34.9 Å². The van der Waals surface area contributed by atoms with Crippen molar-refractivity contribution in [2.24, 2.45) is 0 Å². The number of aliphatic hydroxyl groups excluding tert-OH is 1. The molecule has 0 aliphatic carbocycles. The van der Waals surface area contributed by atoms with E-state index in [2.05, 4.69) is 15.4 Å². The molecule has 0 aromatic heterocycles. The maximum Gasteiger partial charge on any atom is 0.408 e. The predicted molar refractivity (Wildman–Crippen MR) is 131 cm³/mol. The molecular weight excluding hydrogens is 454 g/mol. The second-order valence-corrected chi connectivity index (χ2v) is 10.3. The van der Waals surface area contributed by atoms with Gasteiger partial charge in [0.1, 0.15) is 24.2 Å². The molecule has 10 heteroatoms. The number of methoxy groups -OCH3 is 1. The third kappa shape index (κ3) is 8.86. The van der Waals surface area contributed by atoms with E-state index in [0.29, 0.717) is 5.56 Å². The quantitative estimate of drug-likeness (QED) is 0.472. The highest BCUT2D eigenvalue weighted by molar-refractivity contribution is 5.93. The summed E-state index contributed by atoms with van der Waals surface area (Å²) < 4.78 is 9.83. The SMILES string of the molecule is COC(=O)CNC(=O)C(c1ccc(C)c(C)c1)N(C(=O)C(CO)NC(=O)OC(C)(C)C)C(C)(C)C. The molecule has 196 valence electrons. The van der Waals surface area contributed by atoms with Crippen LogP contribution in [0.25, 0.3) is 0 Å². The Hall–Kier alpha value is -3.14. The average Bonchev–Trinajstić information content (AvgIpc) is 2.73. The maximum atomic E-state index is 13.7. The standard InChI is InChI=1S/C25H39N3O7/c1-15-10-11-17(12-16(15)2)20(21(31)26-13-19(30)34-9)28(24(3,4)5)22(32)18(14-29)27-23(33)35-25(6,7)8/h10-12,18,20,29H,13-14H2,1-9H3,(H,26,31)(H,27,33). The van der Waals surface area contributed by atoms with Gasteiger partial charge in [-0.3, -0.25) is 14.4 Å². The second kappa shape index (κ2) is 12.0. The van der Waals surface area contributed by atoms with Gasteiger partial charge in [0.05, 0.1) is 13.7 Å². The fourth-order valence-electron chi connectivity index (χ4n) is 3.33. The van der Waals surface area contributed by atoms with Crippen LogP contribution in [0.2, 0.25) is 0 Å². The summed E-state index contributed by atoms with van der Waals surface area (Å²) in [6.45, 7) is 12.9. The van der Waals surface area contributed by atoms with Crippen molar-refractivity contribution in [3.63, 3.8) is 0 Å². The Morgan fingerprint density at radius 1 is 1.03 bits per heavy atom. The van der Waals surface area contributed by atoms with Crippen molar-refractivity contribution in [2.45, 2.75) is 78.6 Å². The molecule has 3 amide bonds. The predicted octanol–water partition coefficient (Wildman–Crippen LogP) is 2.15. The molecule has 0 bridgehead atoms. The Kier molecular flexibility index (Phi) is 10.3. The normalized spacial score (nSPS) is 13.3. The number of benzene rings is 1. The van der Waals surface area contributed by atoms with Gasteiger partial charge >= 0.3 is 12.1 Å². The lowest BCUT2D eigenvalue weighted by Gasteiger charge is -2.42. The molecule has 0 saturated carbocycles. The van der Waals surface area contributed by atoms with E-state index in [9.17, 15) is 24.3 Å². The van der Waals surface area contributed by atoms with Crippen LogP contribution in [0.5, 0.6) is 0 Å². The second-order valence-electron chi connectivity index (χ2n) is 10.3. The Morgan fingerprint density at radius 2 is 1.63 bits per heavy atom. The summed E-state index contributed by atoms with van der Waals surface area (Å²) in [5.41, 5.74) is 0.669. The minimum absolute atomic E-state index is 0.386. The molecule has 2 atom stereocenters. The molecule has 35 heavy (non-hydrogen) atoms. The minimum Gasteiger partial charge on any atom is -0.468 e. The van der Waals surface area contributed by atoms with E-state index in [-0.39, 0.29) is 6.54 Å². The first kappa shape index (κ1) is 29.9. The maximum absolute atomic E-state index is 13.7. The Morgan fingerprint density at radius 3 is 2.09 bits per heavy atom. The number of nitrogens with zero attached hydrogens (tertiary/aromatic N) is 1. The summed E-state index contributed by atoms with van der Waals surface area (Å²) in [5.74, 6) is -1.95. The Bertz CT molecular complexity index is 932. The van der Waals surface area contributed by atoms with Crippen LogP contribution in [-0.2, 0) is 23.9 Å². The fraction of sp³-hybridized carbons (Fsp3) is 0.600. The van der Waals surface area contributed by atoms with Gasteiger partial charge in [0, 0.05) is 5.54 Å². The van der Waals surface area contributed by atoms with E-state index in [0.717, 1.165) is 11.1 Å². The molecule has 0 aliphatic rings. The zero-order valence-electron chi connectivity index (χ0n) is 22.1. The molecule has 2 unspecified atom stereocenters. The molecule has 0 fully saturated rings. The molecule has 10 nitrogen and oxygen atoms in total. The third-order valence-electron chi connectivity index (χ3n) is 5.12. The first-order chi connectivity index (χ1) is 16.0. The summed E-state index contributed by atoms with van der Waals surface area (Å²) in [4.78, 5) is 52.4. The number of carbonyl (C=O) groups excluding carboxylic acids is 4. The molecule has 0 radical (unpaired) electrons. The number of rotatable bonds is 8. The molecule has 0 saturated heterocycles. The van der Waals surface area contributed by atoms with Crippen LogP contribution in [0.15, 0.2) is 18.2 Å². The fourth-order valence-corrected chi connectivity index (χ4v) is 3.33. The van der Waals surface area contributed by atoms with E-state index < -0.39 is 53.7 Å². The van der Waals surface area contributed by atoms with Crippen LogP contribution in [0.1, 0.15) is 64.3 Å². The highest BCUT2D eigenvalue weighted by Crippen LogP contribution is 2.31. The van der Waals surface area contributed by atoms with Crippen molar-refractivity contribution in [2.75, 3.05) is 20.3 Å². The zero-order valence-corrected chi connectivity index (χ0v) is 22.1. The van der Waals surface area contributed by atoms with Crippen LogP contribution in [-0.4, -0.2) is 71.3 Å². The van der Waals surface area contributed by atoms with Crippen LogP contribution in [0.3, 0.4) is 0 Å². The highest BCUT2D eigenvalue weighted by atomic mass is 16.6. The summed E-state index contributed by atoms with van der Waals surface area (Å²) in [7, 11) is 1.20. The van der Waals surface area contributed by atoms with Gasteiger partial charge in [-0.05, 0) is 72.1 Å². The average molecular weight is 494 g/mol. The van der Waals surface area contributed by atoms with Crippen LogP contribution in [0, 0.1) is 13.8 Å². The summed E-state index contributed by atoms with van der Waals surface area (Å²) >= 11 is 0. The number of hydrogen-bond acceptors (Lipinski definition) is 7. The van der Waals surface area contributed by atoms with E-state index in [4.69, 9.17) is 4.74 Å². The number of carbonyl (C=O) groups is 4. The van der Waals surface area contributed by atoms with Gasteiger partial charge in [0.15, 0.2) is 0 Å². The molecule has 0 aliphatic heterocycles. The monoisotopic (exact) mass is 493 g/mol. The lowest BCUT2D eigenvalue weighted by atomic mass is 9.93. The van der Waals surface area contributed by atoms with Gasteiger partial charge < -0.3 is 30.1 Å². The largest absolute Gasteiger partial charge is 0.468 e. The number of hydrogen-bond donors (Lipinski definition) is 3. The number of ether oxygens (including phenoxy) is 2. The Labute approximate surface area is 207 Å². The van der Waals surface area contributed by atoms with E-state index in [1.807, 2.05) is 19.9 Å². The lowest BCUT2D eigenvalue weighted by Crippen LogP contribution is -2.59. The van der Waals surface area contributed by atoms with Gasteiger partial charge in [-0.1, -0.05) is 18.2 Å². The van der Waals surface area contributed by atoms with E-state index >= 15 is 0 Å². The van der Waals surface area contributed by atoms with Gasteiger partial charge in [-0.15, -0.1) is 0 Å². The van der Waals surface area contributed by atoms with E-state index in [1.165, 1.54) is 12.0 Å². The molecule has 0 spiro atoms. The Balaban J connectivity index is 3.50. The highest BCUT2D eigenvalue weighted by Gasteiger charge is 2.42. The smallest absolute Gasteiger partial charge is 0.408 e. The van der Waals surface area contributed by atoms with Crippen molar-refractivity contribution in [1.82, 2.24) is 15.5 Å². The van der Waals surface area contributed by atoms with Gasteiger partial charge in [0.25, 0.3) is 0 Å². The zero-order chi connectivity index (χ0) is 27.1. The molecule has 1 aromatic carbocycles.